The Morgan fingerprint density at radius 2 is 1.30 bits per heavy atom. The normalized spacial score (nSPS) is 7.40. The number of carbonyl (C=O) groups is 2. The zero-order valence-corrected chi connectivity index (χ0v) is 5.66. The molecule has 0 aromatic carbocycles. The van der Waals surface area contributed by atoms with Crippen LogP contribution in [0.15, 0.2) is 0 Å². The summed E-state index contributed by atoms with van der Waals surface area (Å²) in [6.45, 7) is 0. The molecule has 1 N–H and O–H groups in total. The minimum absolute atomic E-state index is 0. The summed E-state index contributed by atoms with van der Waals surface area (Å²) in [6, 6.07) is 0. The number of carboxylic acid groups (broad SMARTS) is 2. The van der Waals surface area contributed by atoms with Crippen LogP contribution in [-0.4, -0.2) is 23.1 Å². The average molecular weight is 132 g/mol. The monoisotopic (exact) mass is 132 g/mol. The Balaban J connectivity index is -0.000000245. The van der Waals surface area contributed by atoms with E-state index in [1.54, 1.807) is 0 Å². The number of aliphatic hydroxyl groups is 1. The van der Waals surface area contributed by atoms with Crippen LogP contribution in [0.1, 0.15) is 0 Å². The van der Waals surface area contributed by atoms with Gasteiger partial charge in [0.25, 0.3) is 0 Å². The van der Waals surface area contributed by atoms with E-state index in [0.717, 1.165) is 0 Å². The van der Waals surface area contributed by atoms with Gasteiger partial charge in [0.1, 0.15) is 6.10 Å². The first-order chi connectivity index (χ1) is 3.55. The van der Waals surface area contributed by atoms with Crippen molar-refractivity contribution in [3.63, 3.8) is 0 Å². The molecule has 0 radical (unpaired) electrons. The second-order valence-corrected chi connectivity index (χ2v) is 1.04. The summed E-state index contributed by atoms with van der Waals surface area (Å²) in [4.78, 5) is 18.7. The average Bonchev–Trinajstić information content (AvgIpc) is 1.64. The van der Waals surface area contributed by atoms with E-state index >= 15 is 0 Å². The molecule has 7 heteroatoms. The summed E-state index contributed by atoms with van der Waals surface area (Å²) in [5.74, 6) is -4.13. The summed E-state index contributed by atoms with van der Waals surface area (Å²) in [5, 5.41) is 26.6. The van der Waals surface area contributed by atoms with Crippen molar-refractivity contribution in [1.82, 2.24) is 0 Å². The fourth-order valence-corrected chi connectivity index (χ4v) is 0.0962. The molecule has 0 rings (SSSR count). The quantitative estimate of drug-likeness (QED) is 0.297. The van der Waals surface area contributed by atoms with E-state index in [1.807, 2.05) is 0 Å². The number of carbonyl (C=O) groups excluding carboxylic acids is 2. The number of hydrogen-bond donors (Lipinski definition) is 1. The third-order valence-electron chi connectivity index (χ3n) is 0.447. The van der Waals surface area contributed by atoms with E-state index in [1.165, 1.54) is 0 Å². The maximum absolute atomic E-state index is 9.36. The molecule has 0 saturated heterocycles. The van der Waals surface area contributed by atoms with E-state index < -0.39 is 18.0 Å². The van der Waals surface area contributed by atoms with Crippen LogP contribution in [0.25, 0.3) is 0 Å². The topological polar surface area (TPSA) is 100 Å². The van der Waals surface area contributed by atoms with Crippen LogP contribution in [-0.2, 0) is 9.59 Å². The molecule has 0 fully saturated rings. The van der Waals surface area contributed by atoms with Crippen LogP contribution in [0, 0.1) is 0 Å². The zero-order valence-electron chi connectivity index (χ0n) is 5.66. The van der Waals surface area contributed by atoms with Gasteiger partial charge in [0.15, 0.2) is 0 Å². The zero-order chi connectivity index (χ0) is 6.73. The van der Waals surface area contributed by atoms with Crippen LogP contribution >= 0.6 is 0 Å². The van der Waals surface area contributed by atoms with Crippen molar-refractivity contribution < 1.29 is 62.6 Å². The molecule has 0 saturated carbocycles. The molecule has 0 atom stereocenters. The van der Waals surface area contributed by atoms with Crippen LogP contribution in [0.5, 0.6) is 0 Å². The van der Waals surface area contributed by atoms with Gasteiger partial charge in [-0.2, -0.15) is 0 Å². The minimum Gasteiger partial charge on any atom is -0.547 e. The molecule has 0 heterocycles. The molecule has 0 spiro atoms. The number of carboxylic acids is 2. The summed E-state index contributed by atoms with van der Waals surface area (Å²) in [5.41, 5.74) is 0. The third-order valence-corrected chi connectivity index (χ3v) is 0.447. The molecule has 0 bridgehead atoms. The Hall–Kier alpha value is 0.0948. The molecular formula is C3H2Li2O5. The van der Waals surface area contributed by atoms with Gasteiger partial charge < -0.3 is 24.9 Å². The summed E-state index contributed by atoms with van der Waals surface area (Å²) in [6.07, 6.45) is -2.52. The summed E-state index contributed by atoms with van der Waals surface area (Å²) >= 11 is 0. The van der Waals surface area contributed by atoms with Crippen molar-refractivity contribution in [1.29, 1.82) is 0 Å². The maximum atomic E-state index is 9.36. The van der Waals surface area contributed by atoms with Crippen LogP contribution in [0.3, 0.4) is 0 Å². The first-order valence-corrected chi connectivity index (χ1v) is 1.65. The van der Waals surface area contributed by atoms with Crippen molar-refractivity contribution in [3.8, 4) is 0 Å². The van der Waals surface area contributed by atoms with Crippen molar-refractivity contribution in [2.45, 2.75) is 6.10 Å². The van der Waals surface area contributed by atoms with E-state index in [0.29, 0.717) is 0 Å². The van der Waals surface area contributed by atoms with Gasteiger partial charge >= 0.3 is 37.7 Å². The smallest absolute Gasteiger partial charge is 0.547 e. The number of rotatable bonds is 2. The van der Waals surface area contributed by atoms with Crippen molar-refractivity contribution >= 4 is 11.9 Å². The van der Waals surface area contributed by atoms with E-state index in [9.17, 15) is 19.8 Å². The van der Waals surface area contributed by atoms with Gasteiger partial charge in [0, 0.05) is 0 Å². The molecular weight excluding hydrogens is 130 g/mol. The maximum Gasteiger partial charge on any atom is 1.00 e. The minimum atomic E-state index is -2.52. The largest absolute Gasteiger partial charge is 1.00 e. The Morgan fingerprint density at radius 1 is 1.10 bits per heavy atom. The van der Waals surface area contributed by atoms with Crippen LogP contribution in [0.4, 0.5) is 0 Å². The molecule has 0 amide bonds. The van der Waals surface area contributed by atoms with Gasteiger partial charge in [-0.1, -0.05) is 0 Å². The predicted molar refractivity (Wildman–Crippen MR) is 16.0 cm³/mol. The van der Waals surface area contributed by atoms with Crippen molar-refractivity contribution in [2.24, 2.45) is 0 Å². The summed E-state index contributed by atoms with van der Waals surface area (Å²) in [7, 11) is 0. The third kappa shape index (κ3) is 6.22. The fourth-order valence-electron chi connectivity index (χ4n) is 0.0962. The van der Waals surface area contributed by atoms with Crippen molar-refractivity contribution in [2.75, 3.05) is 0 Å². The number of aliphatic hydroxyl groups excluding tert-OH is 1. The van der Waals surface area contributed by atoms with Gasteiger partial charge in [0.05, 0.1) is 11.9 Å². The summed E-state index contributed by atoms with van der Waals surface area (Å²) < 4.78 is 0. The number of aliphatic carboxylic acids is 2. The molecule has 5 nitrogen and oxygen atoms in total. The molecule has 0 aromatic rings. The first-order valence-electron chi connectivity index (χ1n) is 1.65. The van der Waals surface area contributed by atoms with Gasteiger partial charge in [-0.25, -0.2) is 0 Å². The molecule has 0 aliphatic rings. The predicted octanol–water partition coefficient (Wildman–Crippen LogP) is -10.1. The number of hydrogen-bond acceptors (Lipinski definition) is 5. The van der Waals surface area contributed by atoms with Crippen LogP contribution in [0.2, 0.25) is 0 Å². The van der Waals surface area contributed by atoms with Gasteiger partial charge in [-0.15, -0.1) is 0 Å². The van der Waals surface area contributed by atoms with Gasteiger partial charge in [0.2, 0.25) is 0 Å². The van der Waals surface area contributed by atoms with E-state index in [4.69, 9.17) is 5.11 Å². The Morgan fingerprint density at radius 3 is 1.30 bits per heavy atom. The molecule has 0 aromatic heterocycles. The standard InChI is InChI=1S/C3H4O5.2Li/c4-1(2(5)6)3(7)8;;/h1,4H,(H,5,6)(H,7,8);;/q;2*+1/p-2. The Kier molecular flexibility index (Phi) is 12.0. The van der Waals surface area contributed by atoms with Gasteiger partial charge in [-0.3, -0.25) is 0 Å². The molecule has 0 unspecified atom stereocenters. The molecule has 46 valence electrons. The van der Waals surface area contributed by atoms with E-state index in [-0.39, 0.29) is 37.7 Å². The Labute approximate surface area is 80.8 Å². The van der Waals surface area contributed by atoms with E-state index in [2.05, 4.69) is 0 Å². The van der Waals surface area contributed by atoms with Gasteiger partial charge in [-0.05, 0) is 0 Å². The molecule has 10 heavy (non-hydrogen) atoms. The van der Waals surface area contributed by atoms with Crippen LogP contribution < -0.4 is 47.9 Å². The fraction of sp³-hybridized carbons (Fsp3) is 0.333. The second kappa shape index (κ2) is 7.20. The first kappa shape index (κ1) is 16.6. The Bertz CT molecular complexity index is 110. The SMILES string of the molecule is O=C([O-])C(O)C(=O)[O-].[Li+].[Li+]. The molecule has 0 aliphatic carbocycles. The van der Waals surface area contributed by atoms with Crippen molar-refractivity contribution in [3.05, 3.63) is 0 Å². The second-order valence-electron chi connectivity index (χ2n) is 1.04. The molecule has 0 aliphatic heterocycles.